The predicted molar refractivity (Wildman–Crippen MR) is 97.0 cm³/mol. The van der Waals surface area contributed by atoms with Crippen molar-refractivity contribution < 1.29 is 22.8 Å². The summed E-state index contributed by atoms with van der Waals surface area (Å²) in [6.07, 6.45) is -4.44. The maximum atomic E-state index is 12.6. The first-order valence-corrected chi connectivity index (χ1v) is 8.67. The van der Waals surface area contributed by atoms with Crippen LogP contribution in [0.25, 0.3) is 0 Å². The van der Waals surface area contributed by atoms with Crippen LogP contribution < -0.4 is 5.32 Å². The van der Waals surface area contributed by atoms with Gasteiger partial charge in [0.2, 0.25) is 0 Å². The van der Waals surface area contributed by atoms with E-state index in [2.05, 4.69) is 15.2 Å². The van der Waals surface area contributed by atoms with E-state index in [4.69, 9.17) is 0 Å². The van der Waals surface area contributed by atoms with Crippen molar-refractivity contribution in [3.05, 3.63) is 59.4 Å². The van der Waals surface area contributed by atoms with Gasteiger partial charge in [-0.25, -0.2) is 4.98 Å². The van der Waals surface area contributed by atoms with E-state index in [1.165, 1.54) is 24.3 Å². The first kappa shape index (κ1) is 19.8. The van der Waals surface area contributed by atoms with Crippen molar-refractivity contribution in [1.82, 2.24) is 14.8 Å². The summed E-state index contributed by atoms with van der Waals surface area (Å²) in [6, 6.07) is 8.64. The second kappa shape index (κ2) is 7.97. The standard InChI is InChI=1S/C19H19F3N4O2/c1-25-9-11-26(12-10-25)18(28)16-4-2-3-15(24-16)17(27)23-14-7-5-13(6-8-14)19(20,21)22/h2-8H,9-12H2,1H3,(H,23,27). The topological polar surface area (TPSA) is 65.5 Å². The van der Waals surface area contributed by atoms with Crippen LogP contribution >= 0.6 is 0 Å². The van der Waals surface area contributed by atoms with E-state index in [0.717, 1.165) is 25.2 Å². The van der Waals surface area contributed by atoms with Crippen molar-refractivity contribution in [2.75, 3.05) is 38.5 Å². The summed E-state index contributed by atoms with van der Waals surface area (Å²) in [4.78, 5) is 32.9. The number of carbonyl (C=O) groups excluding carboxylic acids is 2. The van der Waals surface area contributed by atoms with E-state index in [9.17, 15) is 22.8 Å². The molecule has 6 nitrogen and oxygen atoms in total. The number of nitrogens with one attached hydrogen (secondary N) is 1. The second-order valence-electron chi connectivity index (χ2n) is 6.53. The fraction of sp³-hybridized carbons (Fsp3) is 0.316. The van der Waals surface area contributed by atoms with E-state index in [-0.39, 0.29) is 23.0 Å². The zero-order valence-corrected chi connectivity index (χ0v) is 15.2. The Bertz CT molecular complexity index is 860. The van der Waals surface area contributed by atoms with Gasteiger partial charge in [-0.05, 0) is 43.4 Å². The minimum Gasteiger partial charge on any atom is -0.335 e. The molecule has 1 aliphatic rings. The lowest BCUT2D eigenvalue weighted by Crippen LogP contribution is -2.47. The van der Waals surface area contributed by atoms with Gasteiger partial charge in [-0.1, -0.05) is 6.07 Å². The SMILES string of the molecule is CN1CCN(C(=O)c2cccc(C(=O)Nc3ccc(C(F)(F)F)cc3)n2)CC1. The Morgan fingerprint density at radius 2 is 1.57 bits per heavy atom. The van der Waals surface area contributed by atoms with Gasteiger partial charge in [0.05, 0.1) is 5.56 Å². The maximum Gasteiger partial charge on any atom is 0.416 e. The first-order valence-electron chi connectivity index (χ1n) is 8.67. The van der Waals surface area contributed by atoms with Crippen molar-refractivity contribution in [1.29, 1.82) is 0 Å². The van der Waals surface area contributed by atoms with Crippen LogP contribution in [0.5, 0.6) is 0 Å². The van der Waals surface area contributed by atoms with Crippen LogP contribution in [0, 0.1) is 0 Å². The Balaban J connectivity index is 1.69. The minimum absolute atomic E-state index is 0.0138. The molecule has 1 fully saturated rings. The van der Waals surface area contributed by atoms with Crippen LogP contribution in [0.1, 0.15) is 26.5 Å². The van der Waals surface area contributed by atoms with Crippen molar-refractivity contribution in [3.8, 4) is 0 Å². The molecule has 2 aromatic rings. The molecule has 28 heavy (non-hydrogen) atoms. The molecule has 0 saturated carbocycles. The molecule has 1 N–H and O–H groups in total. The maximum absolute atomic E-state index is 12.6. The normalized spacial score (nSPS) is 15.4. The van der Waals surface area contributed by atoms with E-state index in [0.29, 0.717) is 13.1 Å². The number of anilines is 1. The lowest BCUT2D eigenvalue weighted by molar-refractivity contribution is -0.137. The summed E-state index contributed by atoms with van der Waals surface area (Å²) < 4.78 is 37.8. The number of nitrogens with zero attached hydrogens (tertiary/aromatic N) is 3. The number of halogens is 3. The molecule has 3 rings (SSSR count). The average Bonchev–Trinajstić information content (AvgIpc) is 2.68. The second-order valence-corrected chi connectivity index (χ2v) is 6.53. The lowest BCUT2D eigenvalue weighted by atomic mass is 10.2. The molecule has 0 atom stereocenters. The average molecular weight is 392 g/mol. The number of hydrogen-bond donors (Lipinski definition) is 1. The third kappa shape index (κ3) is 4.66. The fourth-order valence-corrected chi connectivity index (χ4v) is 2.79. The van der Waals surface area contributed by atoms with Crippen molar-refractivity contribution in [2.24, 2.45) is 0 Å². The molecule has 1 saturated heterocycles. The summed E-state index contributed by atoms with van der Waals surface area (Å²) in [5, 5.41) is 2.49. The highest BCUT2D eigenvalue weighted by Crippen LogP contribution is 2.29. The molecular formula is C19H19F3N4O2. The van der Waals surface area contributed by atoms with E-state index in [1.807, 2.05) is 7.05 Å². The Morgan fingerprint density at radius 1 is 0.964 bits per heavy atom. The van der Waals surface area contributed by atoms with Gasteiger partial charge in [0.25, 0.3) is 11.8 Å². The molecule has 148 valence electrons. The molecule has 2 amide bonds. The van der Waals surface area contributed by atoms with Gasteiger partial charge >= 0.3 is 6.18 Å². The van der Waals surface area contributed by atoms with Gasteiger partial charge in [0, 0.05) is 31.9 Å². The summed E-state index contributed by atoms with van der Waals surface area (Å²) in [5.74, 6) is -0.856. The summed E-state index contributed by atoms with van der Waals surface area (Å²) in [5.41, 5.74) is -0.427. The number of hydrogen-bond acceptors (Lipinski definition) is 4. The molecular weight excluding hydrogens is 373 g/mol. The number of alkyl halides is 3. The van der Waals surface area contributed by atoms with Crippen LogP contribution in [-0.2, 0) is 6.18 Å². The van der Waals surface area contributed by atoms with Crippen LogP contribution in [0.15, 0.2) is 42.5 Å². The molecule has 0 aliphatic carbocycles. The molecule has 0 bridgehead atoms. The molecule has 1 aromatic carbocycles. The molecule has 9 heteroatoms. The first-order chi connectivity index (χ1) is 13.2. The lowest BCUT2D eigenvalue weighted by Gasteiger charge is -2.32. The van der Waals surface area contributed by atoms with Crippen LogP contribution in [0.4, 0.5) is 18.9 Å². The minimum atomic E-state index is -4.44. The number of pyridine rings is 1. The largest absolute Gasteiger partial charge is 0.416 e. The number of piperazine rings is 1. The van der Waals surface area contributed by atoms with Gasteiger partial charge in [-0.2, -0.15) is 13.2 Å². The summed E-state index contributed by atoms with van der Waals surface area (Å²) >= 11 is 0. The van der Waals surface area contributed by atoms with Crippen LogP contribution in [-0.4, -0.2) is 59.8 Å². The van der Waals surface area contributed by atoms with Crippen LogP contribution in [0.2, 0.25) is 0 Å². The summed E-state index contributed by atoms with van der Waals surface area (Å²) in [7, 11) is 1.98. The van der Waals surface area contributed by atoms with Gasteiger partial charge in [-0.3, -0.25) is 9.59 Å². The monoisotopic (exact) mass is 392 g/mol. The number of amides is 2. The van der Waals surface area contributed by atoms with E-state index < -0.39 is 17.6 Å². The summed E-state index contributed by atoms with van der Waals surface area (Å²) in [6.45, 7) is 2.69. The molecule has 0 radical (unpaired) electrons. The van der Waals surface area contributed by atoms with E-state index >= 15 is 0 Å². The molecule has 1 aliphatic heterocycles. The van der Waals surface area contributed by atoms with Gasteiger partial charge < -0.3 is 15.1 Å². The zero-order valence-electron chi connectivity index (χ0n) is 15.2. The van der Waals surface area contributed by atoms with Crippen molar-refractivity contribution in [2.45, 2.75) is 6.18 Å². The Labute approximate surface area is 160 Å². The van der Waals surface area contributed by atoms with Crippen LogP contribution in [0.3, 0.4) is 0 Å². The van der Waals surface area contributed by atoms with E-state index in [1.54, 1.807) is 11.0 Å². The highest BCUT2D eigenvalue weighted by molar-refractivity contribution is 6.03. The Morgan fingerprint density at radius 3 is 2.18 bits per heavy atom. The Kier molecular flexibility index (Phi) is 5.64. The molecule has 1 aromatic heterocycles. The number of carbonyl (C=O) groups is 2. The molecule has 0 spiro atoms. The number of aromatic nitrogens is 1. The third-order valence-electron chi connectivity index (χ3n) is 4.46. The number of likely N-dealkylation sites (N-methyl/N-ethyl adjacent to an activating group) is 1. The van der Waals surface area contributed by atoms with Crippen molar-refractivity contribution >= 4 is 17.5 Å². The highest BCUT2D eigenvalue weighted by Gasteiger charge is 2.30. The molecule has 0 unspecified atom stereocenters. The zero-order chi connectivity index (χ0) is 20.3. The smallest absolute Gasteiger partial charge is 0.335 e. The predicted octanol–water partition coefficient (Wildman–Crippen LogP) is 2.74. The number of rotatable bonds is 3. The quantitative estimate of drug-likeness (QED) is 0.873. The van der Waals surface area contributed by atoms with Crippen molar-refractivity contribution in [3.63, 3.8) is 0 Å². The molecule has 2 heterocycles. The van der Waals surface area contributed by atoms with Gasteiger partial charge in [-0.15, -0.1) is 0 Å². The third-order valence-corrected chi connectivity index (χ3v) is 4.46. The van der Waals surface area contributed by atoms with Gasteiger partial charge in [0.15, 0.2) is 0 Å². The Hall–Kier alpha value is -2.94. The fourth-order valence-electron chi connectivity index (χ4n) is 2.79. The number of benzene rings is 1. The highest BCUT2D eigenvalue weighted by atomic mass is 19.4. The van der Waals surface area contributed by atoms with Gasteiger partial charge in [0.1, 0.15) is 11.4 Å².